The Morgan fingerprint density at radius 1 is 1.39 bits per heavy atom. The van der Waals surface area contributed by atoms with Crippen molar-refractivity contribution in [3.8, 4) is 6.01 Å². The number of nitrogens with zero attached hydrogens (tertiary/aromatic N) is 4. The van der Waals surface area contributed by atoms with E-state index in [1.54, 1.807) is 11.3 Å². The number of aromatic nitrogens is 3. The van der Waals surface area contributed by atoms with Crippen molar-refractivity contribution in [1.82, 2.24) is 15.0 Å². The van der Waals surface area contributed by atoms with Gasteiger partial charge in [-0.25, -0.2) is 0 Å². The Kier molecular flexibility index (Phi) is 4.33. The predicted molar refractivity (Wildman–Crippen MR) is 72.4 cm³/mol. The fourth-order valence-corrected chi connectivity index (χ4v) is 2.22. The minimum absolute atomic E-state index is 0.139. The minimum atomic E-state index is 0.139. The fraction of sp³-hybridized carbons (Fsp3) is 0.364. The molecule has 2 aromatic heterocycles. The second-order valence-electron chi connectivity index (χ2n) is 3.61. The lowest BCUT2D eigenvalue weighted by atomic mass is 10.3. The van der Waals surface area contributed by atoms with E-state index in [1.807, 2.05) is 24.3 Å². The van der Waals surface area contributed by atoms with Crippen LogP contribution in [0, 0.1) is 0 Å². The van der Waals surface area contributed by atoms with E-state index >= 15 is 0 Å². The van der Waals surface area contributed by atoms with E-state index in [4.69, 9.17) is 16.3 Å². The minimum Gasteiger partial charge on any atom is -0.464 e. The molecule has 0 bridgehead atoms. The highest BCUT2D eigenvalue weighted by atomic mass is 35.5. The monoisotopic (exact) mass is 284 g/mol. The summed E-state index contributed by atoms with van der Waals surface area (Å²) in [6.07, 6.45) is 0. The molecule has 0 atom stereocenters. The van der Waals surface area contributed by atoms with Gasteiger partial charge >= 0.3 is 6.01 Å². The molecule has 0 aliphatic rings. The van der Waals surface area contributed by atoms with Crippen LogP contribution in [-0.4, -0.2) is 28.6 Å². The third-order valence-corrected chi connectivity index (χ3v) is 3.09. The summed E-state index contributed by atoms with van der Waals surface area (Å²) < 4.78 is 5.24. The first-order chi connectivity index (χ1) is 8.69. The van der Waals surface area contributed by atoms with E-state index in [0.717, 1.165) is 6.54 Å². The molecule has 96 valence electrons. The Balaban J connectivity index is 2.16. The van der Waals surface area contributed by atoms with Crippen molar-refractivity contribution in [2.24, 2.45) is 0 Å². The van der Waals surface area contributed by atoms with E-state index < -0.39 is 0 Å². The average Bonchev–Trinajstić information content (AvgIpc) is 2.81. The highest BCUT2D eigenvalue weighted by Gasteiger charge is 2.10. The van der Waals surface area contributed by atoms with Crippen LogP contribution in [0.5, 0.6) is 6.01 Å². The summed E-state index contributed by atoms with van der Waals surface area (Å²) in [5, 5.41) is 4.26. The Labute approximate surface area is 114 Å². The number of ether oxygens (including phenoxy) is 1. The van der Waals surface area contributed by atoms with Gasteiger partial charge in [0.1, 0.15) is 0 Å². The second kappa shape index (κ2) is 5.97. The lowest BCUT2D eigenvalue weighted by molar-refractivity contribution is 0.311. The number of hydrogen-bond donors (Lipinski definition) is 0. The molecule has 2 heterocycles. The van der Waals surface area contributed by atoms with Crippen LogP contribution >= 0.6 is 22.9 Å². The summed E-state index contributed by atoms with van der Waals surface area (Å²) in [4.78, 5) is 14.1. The summed E-state index contributed by atoms with van der Waals surface area (Å²) in [5.74, 6) is 0.504. The lowest BCUT2D eigenvalue weighted by Gasteiger charge is -2.16. The van der Waals surface area contributed by atoms with Crippen LogP contribution in [0.4, 0.5) is 5.95 Å². The maximum absolute atomic E-state index is 5.84. The summed E-state index contributed by atoms with van der Waals surface area (Å²) in [5.41, 5.74) is 1.21. The van der Waals surface area contributed by atoms with Crippen LogP contribution in [0.2, 0.25) is 5.28 Å². The van der Waals surface area contributed by atoms with Gasteiger partial charge in [0.2, 0.25) is 11.2 Å². The first-order valence-corrected chi connectivity index (χ1v) is 6.77. The molecule has 0 saturated carbocycles. The Morgan fingerprint density at radius 2 is 2.22 bits per heavy atom. The van der Waals surface area contributed by atoms with E-state index in [1.165, 1.54) is 5.56 Å². The van der Waals surface area contributed by atoms with Gasteiger partial charge in [0.25, 0.3) is 0 Å². The summed E-state index contributed by atoms with van der Waals surface area (Å²) >= 11 is 7.51. The summed E-state index contributed by atoms with van der Waals surface area (Å²) in [7, 11) is 1.90. The maximum Gasteiger partial charge on any atom is 0.322 e. The molecule has 0 radical (unpaired) electrons. The summed E-state index contributed by atoms with van der Waals surface area (Å²) in [6, 6.07) is 2.32. The highest BCUT2D eigenvalue weighted by molar-refractivity contribution is 7.07. The zero-order valence-electron chi connectivity index (χ0n) is 10.1. The molecule has 0 aromatic carbocycles. The number of thiophene rings is 1. The second-order valence-corrected chi connectivity index (χ2v) is 4.73. The van der Waals surface area contributed by atoms with E-state index in [0.29, 0.717) is 12.6 Å². The molecular weight excluding hydrogens is 272 g/mol. The molecule has 0 unspecified atom stereocenters. The van der Waals surface area contributed by atoms with Gasteiger partial charge in [-0.2, -0.15) is 26.3 Å². The Bertz CT molecular complexity index is 506. The molecular formula is C11H13ClN4OS. The molecule has 0 aliphatic heterocycles. The average molecular weight is 285 g/mol. The fourth-order valence-electron chi connectivity index (χ4n) is 1.41. The molecule has 0 aliphatic carbocycles. The number of halogens is 1. The van der Waals surface area contributed by atoms with Crippen molar-refractivity contribution >= 4 is 28.9 Å². The topological polar surface area (TPSA) is 51.1 Å². The molecule has 2 rings (SSSR count). The van der Waals surface area contributed by atoms with Crippen molar-refractivity contribution in [3.63, 3.8) is 0 Å². The Hall–Kier alpha value is -1.40. The maximum atomic E-state index is 5.84. The van der Waals surface area contributed by atoms with Gasteiger partial charge in [-0.15, -0.1) is 0 Å². The van der Waals surface area contributed by atoms with Crippen LogP contribution in [0.3, 0.4) is 0 Å². The molecule has 5 nitrogen and oxygen atoms in total. The van der Waals surface area contributed by atoms with Crippen molar-refractivity contribution in [3.05, 3.63) is 27.7 Å². The highest BCUT2D eigenvalue weighted by Crippen LogP contribution is 2.17. The zero-order valence-corrected chi connectivity index (χ0v) is 11.7. The van der Waals surface area contributed by atoms with Gasteiger partial charge in [-0.05, 0) is 40.9 Å². The van der Waals surface area contributed by atoms with Crippen molar-refractivity contribution in [2.45, 2.75) is 13.5 Å². The standard InChI is InChI=1S/C11H13ClN4OS/c1-3-17-11-14-9(12)13-10(15-11)16(2)6-8-4-5-18-7-8/h4-5,7H,3,6H2,1-2H3. The largest absolute Gasteiger partial charge is 0.464 e. The van der Waals surface area contributed by atoms with Crippen LogP contribution in [0.25, 0.3) is 0 Å². The van der Waals surface area contributed by atoms with Gasteiger partial charge < -0.3 is 9.64 Å². The van der Waals surface area contributed by atoms with Gasteiger partial charge in [0.15, 0.2) is 0 Å². The van der Waals surface area contributed by atoms with E-state index in [2.05, 4.69) is 26.4 Å². The zero-order chi connectivity index (χ0) is 13.0. The van der Waals surface area contributed by atoms with Crippen molar-refractivity contribution in [2.75, 3.05) is 18.6 Å². The molecule has 0 fully saturated rings. The molecule has 2 aromatic rings. The smallest absolute Gasteiger partial charge is 0.322 e. The van der Waals surface area contributed by atoms with Crippen molar-refractivity contribution < 1.29 is 4.74 Å². The molecule has 18 heavy (non-hydrogen) atoms. The SMILES string of the molecule is CCOc1nc(Cl)nc(N(C)Cc2ccsc2)n1. The number of rotatable bonds is 5. The number of hydrogen-bond acceptors (Lipinski definition) is 6. The van der Waals surface area contributed by atoms with Gasteiger partial charge in [-0.3, -0.25) is 0 Å². The van der Waals surface area contributed by atoms with Gasteiger partial charge in [-0.1, -0.05) is 0 Å². The third kappa shape index (κ3) is 3.30. The lowest BCUT2D eigenvalue weighted by Crippen LogP contribution is -2.19. The van der Waals surface area contributed by atoms with Crippen LogP contribution in [-0.2, 0) is 6.54 Å². The normalized spacial score (nSPS) is 10.4. The summed E-state index contributed by atoms with van der Waals surface area (Å²) in [6.45, 7) is 3.08. The van der Waals surface area contributed by atoms with Crippen LogP contribution < -0.4 is 9.64 Å². The van der Waals surface area contributed by atoms with Crippen LogP contribution in [0.1, 0.15) is 12.5 Å². The predicted octanol–water partition coefficient (Wildman–Crippen LogP) is 2.62. The van der Waals surface area contributed by atoms with Gasteiger partial charge in [0.05, 0.1) is 6.61 Å². The molecule has 7 heteroatoms. The van der Waals surface area contributed by atoms with Crippen LogP contribution in [0.15, 0.2) is 16.8 Å². The molecule has 0 saturated heterocycles. The van der Waals surface area contributed by atoms with E-state index in [-0.39, 0.29) is 11.3 Å². The molecule has 0 amide bonds. The first-order valence-electron chi connectivity index (χ1n) is 5.45. The van der Waals surface area contributed by atoms with E-state index in [9.17, 15) is 0 Å². The van der Waals surface area contributed by atoms with Gasteiger partial charge in [0, 0.05) is 13.6 Å². The molecule has 0 N–H and O–H groups in total. The quantitative estimate of drug-likeness (QED) is 0.845. The molecule has 0 spiro atoms. The van der Waals surface area contributed by atoms with Crippen molar-refractivity contribution in [1.29, 1.82) is 0 Å². The third-order valence-electron chi connectivity index (χ3n) is 2.19. The first kappa shape index (κ1) is 13.0. The number of anilines is 1. The Morgan fingerprint density at radius 3 is 2.89 bits per heavy atom.